The molecule has 2 aromatic rings. The lowest BCUT2D eigenvalue weighted by molar-refractivity contribution is 0.122. The molecule has 1 aliphatic carbocycles. The molecule has 2 heterocycles. The van der Waals surface area contributed by atoms with Gasteiger partial charge in [0.1, 0.15) is 0 Å². The zero-order valence-corrected chi connectivity index (χ0v) is 18.0. The first kappa shape index (κ1) is 19.0. The lowest BCUT2D eigenvalue weighted by Crippen LogP contribution is -2.36. The fourth-order valence-corrected chi connectivity index (χ4v) is 5.86. The van der Waals surface area contributed by atoms with Gasteiger partial charge in [0.25, 0.3) is 0 Å². The smallest absolute Gasteiger partial charge is 0.0642 e. The number of anilines is 1. The Bertz CT molecular complexity index is 818. The highest BCUT2D eigenvalue weighted by Gasteiger charge is 2.29. The first-order valence-electron chi connectivity index (χ1n) is 10.2. The maximum absolute atomic E-state index is 5.52. The Morgan fingerprint density at radius 1 is 1.22 bits per heavy atom. The highest BCUT2D eigenvalue weighted by Crippen LogP contribution is 2.45. The third-order valence-electron chi connectivity index (χ3n) is 6.12. The van der Waals surface area contributed by atoms with Crippen molar-refractivity contribution in [2.75, 3.05) is 38.3 Å². The summed E-state index contributed by atoms with van der Waals surface area (Å²) in [7, 11) is 2.04. The Morgan fingerprint density at radius 3 is 2.74 bits per heavy atom. The SMILES string of the molecule is CNCc1cc(N2CCOCC2)ccc1-c1sc2c(c1C)CC(C)(C)CC2. The van der Waals surface area contributed by atoms with Crippen LogP contribution in [0.1, 0.15) is 41.8 Å². The minimum Gasteiger partial charge on any atom is -0.378 e. The number of morpholine rings is 1. The van der Waals surface area contributed by atoms with E-state index in [9.17, 15) is 0 Å². The number of ether oxygens (including phenoxy) is 1. The molecule has 1 saturated heterocycles. The van der Waals surface area contributed by atoms with Crippen LogP contribution in [0.15, 0.2) is 18.2 Å². The van der Waals surface area contributed by atoms with E-state index >= 15 is 0 Å². The predicted molar refractivity (Wildman–Crippen MR) is 116 cm³/mol. The van der Waals surface area contributed by atoms with Gasteiger partial charge in [0, 0.05) is 35.1 Å². The van der Waals surface area contributed by atoms with E-state index in [0.29, 0.717) is 5.41 Å². The molecular weight excluding hydrogens is 352 g/mol. The largest absolute Gasteiger partial charge is 0.378 e. The van der Waals surface area contributed by atoms with Gasteiger partial charge in [0.2, 0.25) is 0 Å². The average Bonchev–Trinajstić information content (AvgIpc) is 2.98. The fraction of sp³-hybridized carbons (Fsp3) is 0.565. The summed E-state index contributed by atoms with van der Waals surface area (Å²) in [6.45, 7) is 11.7. The summed E-state index contributed by atoms with van der Waals surface area (Å²) in [5, 5.41) is 3.38. The van der Waals surface area contributed by atoms with E-state index in [2.05, 4.69) is 49.2 Å². The first-order chi connectivity index (χ1) is 13.0. The van der Waals surface area contributed by atoms with Crippen molar-refractivity contribution >= 4 is 17.0 Å². The Kier molecular flexibility index (Phi) is 5.32. The van der Waals surface area contributed by atoms with Crippen LogP contribution in [0.5, 0.6) is 0 Å². The van der Waals surface area contributed by atoms with Crippen LogP contribution in [0, 0.1) is 12.3 Å². The molecule has 0 saturated carbocycles. The molecule has 1 fully saturated rings. The van der Waals surface area contributed by atoms with Crippen molar-refractivity contribution in [2.45, 2.75) is 46.6 Å². The van der Waals surface area contributed by atoms with Crippen molar-refractivity contribution in [3.63, 3.8) is 0 Å². The quantitative estimate of drug-likeness (QED) is 0.820. The summed E-state index contributed by atoms with van der Waals surface area (Å²) in [4.78, 5) is 5.55. The van der Waals surface area contributed by atoms with Crippen LogP contribution >= 0.6 is 11.3 Å². The highest BCUT2D eigenvalue weighted by atomic mass is 32.1. The summed E-state index contributed by atoms with van der Waals surface area (Å²) in [5.74, 6) is 0. The minimum atomic E-state index is 0.435. The van der Waals surface area contributed by atoms with E-state index in [-0.39, 0.29) is 0 Å². The second kappa shape index (κ2) is 7.57. The molecule has 1 aromatic heterocycles. The minimum absolute atomic E-state index is 0.435. The van der Waals surface area contributed by atoms with E-state index in [1.165, 1.54) is 46.5 Å². The zero-order chi connectivity index (χ0) is 19.0. The number of benzene rings is 1. The second-order valence-electron chi connectivity index (χ2n) is 8.77. The molecule has 4 rings (SSSR count). The molecule has 27 heavy (non-hydrogen) atoms. The van der Waals surface area contributed by atoms with Crippen molar-refractivity contribution in [1.29, 1.82) is 0 Å². The molecule has 2 aliphatic rings. The van der Waals surface area contributed by atoms with Crippen molar-refractivity contribution in [3.05, 3.63) is 39.8 Å². The van der Waals surface area contributed by atoms with Gasteiger partial charge < -0.3 is 15.0 Å². The number of nitrogens with zero attached hydrogens (tertiary/aromatic N) is 1. The second-order valence-corrected chi connectivity index (χ2v) is 9.88. The molecule has 0 radical (unpaired) electrons. The Morgan fingerprint density at radius 2 is 2.00 bits per heavy atom. The third-order valence-corrected chi connectivity index (χ3v) is 7.54. The van der Waals surface area contributed by atoms with E-state index in [0.717, 1.165) is 32.8 Å². The van der Waals surface area contributed by atoms with Crippen LogP contribution in [0.3, 0.4) is 0 Å². The standard InChI is InChI=1S/C23H32N2OS/c1-16-20-14-23(2,3)8-7-21(20)27-22(16)19-6-5-18(13-17(19)15-24-4)25-9-11-26-12-10-25/h5-6,13,24H,7-12,14-15H2,1-4H3. The van der Waals surface area contributed by atoms with Gasteiger partial charge in [-0.3, -0.25) is 0 Å². The van der Waals surface area contributed by atoms with Gasteiger partial charge in [0.05, 0.1) is 13.2 Å². The van der Waals surface area contributed by atoms with Crippen LogP contribution in [0.4, 0.5) is 5.69 Å². The van der Waals surface area contributed by atoms with Crippen molar-refractivity contribution < 1.29 is 4.74 Å². The van der Waals surface area contributed by atoms with Crippen LogP contribution < -0.4 is 10.2 Å². The first-order valence-corrected chi connectivity index (χ1v) is 11.0. The molecule has 1 aliphatic heterocycles. The van der Waals surface area contributed by atoms with E-state index in [1.54, 1.807) is 10.4 Å². The monoisotopic (exact) mass is 384 g/mol. The Labute approximate surface area is 167 Å². The number of nitrogens with one attached hydrogen (secondary N) is 1. The zero-order valence-electron chi connectivity index (χ0n) is 17.2. The summed E-state index contributed by atoms with van der Waals surface area (Å²) in [6, 6.07) is 7.05. The summed E-state index contributed by atoms with van der Waals surface area (Å²) >= 11 is 2.04. The lowest BCUT2D eigenvalue weighted by Gasteiger charge is -2.30. The molecule has 0 spiro atoms. The van der Waals surface area contributed by atoms with Crippen molar-refractivity contribution in [2.24, 2.45) is 5.41 Å². The molecule has 0 atom stereocenters. The molecule has 0 unspecified atom stereocenters. The Hall–Kier alpha value is -1.36. The highest BCUT2D eigenvalue weighted by molar-refractivity contribution is 7.16. The number of rotatable bonds is 4. The van der Waals surface area contributed by atoms with Gasteiger partial charge >= 0.3 is 0 Å². The van der Waals surface area contributed by atoms with E-state index in [1.807, 2.05) is 18.4 Å². The van der Waals surface area contributed by atoms with Crippen LogP contribution in [-0.4, -0.2) is 33.4 Å². The molecule has 1 aromatic carbocycles. The topological polar surface area (TPSA) is 24.5 Å². The molecule has 146 valence electrons. The maximum Gasteiger partial charge on any atom is 0.0642 e. The van der Waals surface area contributed by atoms with E-state index < -0.39 is 0 Å². The van der Waals surface area contributed by atoms with Crippen LogP contribution in [-0.2, 0) is 24.1 Å². The summed E-state index contributed by atoms with van der Waals surface area (Å²) in [6.07, 6.45) is 3.76. The van der Waals surface area contributed by atoms with Crippen molar-refractivity contribution in [3.8, 4) is 10.4 Å². The molecule has 1 N–H and O–H groups in total. The molecule has 0 amide bonds. The number of fused-ring (bicyclic) bond motifs is 1. The number of hydrogen-bond donors (Lipinski definition) is 1. The van der Waals surface area contributed by atoms with Gasteiger partial charge in [-0.15, -0.1) is 11.3 Å². The van der Waals surface area contributed by atoms with Gasteiger partial charge in [0.15, 0.2) is 0 Å². The third kappa shape index (κ3) is 3.80. The van der Waals surface area contributed by atoms with Gasteiger partial charge in [-0.2, -0.15) is 0 Å². The molecule has 0 bridgehead atoms. The van der Waals surface area contributed by atoms with Gasteiger partial charge in [-0.25, -0.2) is 0 Å². The van der Waals surface area contributed by atoms with Crippen LogP contribution in [0.2, 0.25) is 0 Å². The normalized spacial score (nSPS) is 19.2. The number of thiophene rings is 1. The average molecular weight is 385 g/mol. The Balaban J connectivity index is 1.72. The molecule has 3 nitrogen and oxygen atoms in total. The summed E-state index contributed by atoms with van der Waals surface area (Å²) < 4.78 is 5.52. The predicted octanol–water partition coefficient (Wildman–Crippen LogP) is 4.79. The number of hydrogen-bond acceptors (Lipinski definition) is 4. The van der Waals surface area contributed by atoms with Crippen LogP contribution in [0.25, 0.3) is 10.4 Å². The number of aryl methyl sites for hydroxylation is 1. The van der Waals surface area contributed by atoms with Gasteiger partial charge in [-0.1, -0.05) is 19.9 Å². The fourth-order valence-electron chi connectivity index (χ4n) is 4.47. The molecule has 4 heteroatoms. The molecular formula is C23H32N2OS. The summed E-state index contributed by atoms with van der Waals surface area (Å²) in [5.41, 5.74) is 7.72. The van der Waals surface area contributed by atoms with Crippen molar-refractivity contribution in [1.82, 2.24) is 5.32 Å². The maximum atomic E-state index is 5.52. The lowest BCUT2D eigenvalue weighted by atomic mass is 9.76. The van der Waals surface area contributed by atoms with Gasteiger partial charge in [-0.05, 0) is 73.0 Å². The van der Waals surface area contributed by atoms with E-state index in [4.69, 9.17) is 4.74 Å².